The normalized spacial score (nSPS) is 12.9. The van der Waals surface area contributed by atoms with E-state index in [1.807, 2.05) is 57.4 Å². The highest BCUT2D eigenvalue weighted by Crippen LogP contribution is 2.23. The third-order valence-corrected chi connectivity index (χ3v) is 4.32. The Morgan fingerprint density at radius 3 is 2.52 bits per heavy atom. The van der Waals surface area contributed by atoms with E-state index in [1.165, 1.54) is 17.3 Å². The number of aryl methyl sites for hydroxylation is 1. The predicted molar refractivity (Wildman–Crippen MR) is 93.5 cm³/mol. The van der Waals surface area contributed by atoms with E-state index in [0.29, 0.717) is 6.54 Å². The number of thioether (sulfide) groups is 1. The summed E-state index contributed by atoms with van der Waals surface area (Å²) in [6.45, 7) is 10.5. The van der Waals surface area contributed by atoms with Crippen LogP contribution in [0.25, 0.3) is 0 Å². The molecule has 1 atom stereocenters. The van der Waals surface area contributed by atoms with Crippen LogP contribution in [0.1, 0.15) is 39.1 Å². The molecule has 1 aromatic carbocycles. The van der Waals surface area contributed by atoms with Crippen molar-refractivity contribution < 1.29 is 4.79 Å². The van der Waals surface area contributed by atoms with Crippen LogP contribution in [0.5, 0.6) is 0 Å². The van der Waals surface area contributed by atoms with Gasteiger partial charge in [-0.05, 0) is 40.2 Å². The second-order valence-corrected chi connectivity index (χ2v) is 7.91. The average Bonchev–Trinajstić information content (AvgIpc) is 2.79. The van der Waals surface area contributed by atoms with Gasteiger partial charge in [0.05, 0.1) is 11.8 Å². The van der Waals surface area contributed by atoms with Crippen LogP contribution in [-0.2, 0) is 11.3 Å². The molecule has 2 aromatic rings. The first-order valence-electron chi connectivity index (χ1n) is 7.68. The van der Waals surface area contributed by atoms with E-state index >= 15 is 0 Å². The quantitative estimate of drug-likeness (QED) is 0.855. The van der Waals surface area contributed by atoms with Gasteiger partial charge in [0.15, 0.2) is 5.16 Å². The number of benzene rings is 1. The number of hydrogen-bond donors (Lipinski definition) is 1. The Morgan fingerprint density at radius 1 is 1.26 bits per heavy atom. The Bertz CT molecular complexity index is 661. The van der Waals surface area contributed by atoms with Crippen LogP contribution < -0.4 is 5.32 Å². The van der Waals surface area contributed by atoms with Crippen molar-refractivity contribution in [2.24, 2.45) is 0 Å². The number of aromatic nitrogens is 3. The van der Waals surface area contributed by atoms with E-state index in [0.717, 1.165) is 11.0 Å². The number of nitrogens with one attached hydrogen (secondary N) is 1. The van der Waals surface area contributed by atoms with Gasteiger partial charge in [-0.3, -0.25) is 4.79 Å². The monoisotopic (exact) mass is 332 g/mol. The fourth-order valence-electron chi connectivity index (χ4n) is 2.08. The Kier molecular flexibility index (Phi) is 5.46. The molecule has 1 N–H and O–H groups in total. The summed E-state index contributed by atoms with van der Waals surface area (Å²) in [5.41, 5.74) is 0.948. The zero-order chi connectivity index (χ0) is 17.0. The molecule has 0 saturated heterocycles. The van der Waals surface area contributed by atoms with Crippen molar-refractivity contribution in [1.29, 1.82) is 0 Å². The molecule has 0 saturated carbocycles. The highest BCUT2D eigenvalue weighted by Gasteiger charge is 2.22. The van der Waals surface area contributed by atoms with Crippen LogP contribution in [0.3, 0.4) is 0 Å². The molecule has 0 unspecified atom stereocenters. The minimum absolute atomic E-state index is 0.00872. The van der Waals surface area contributed by atoms with E-state index in [-0.39, 0.29) is 16.7 Å². The molecular weight excluding hydrogens is 308 g/mol. The van der Waals surface area contributed by atoms with E-state index in [1.54, 1.807) is 0 Å². The second-order valence-electron chi connectivity index (χ2n) is 6.60. The lowest BCUT2D eigenvalue weighted by atomic mass is 10.1. The highest BCUT2D eigenvalue weighted by molar-refractivity contribution is 8.00. The molecule has 1 amide bonds. The molecule has 23 heavy (non-hydrogen) atoms. The molecule has 124 valence electrons. The summed E-state index contributed by atoms with van der Waals surface area (Å²) in [6.07, 6.45) is 0. The Hall–Kier alpha value is -1.82. The molecular formula is C17H24N4OS. The zero-order valence-corrected chi connectivity index (χ0v) is 15.1. The zero-order valence-electron chi connectivity index (χ0n) is 14.3. The Balaban J connectivity index is 2.10. The Morgan fingerprint density at radius 2 is 1.91 bits per heavy atom. The van der Waals surface area contributed by atoms with Crippen molar-refractivity contribution >= 4 is 17.7 Å². The van der Waals surface area contributed by atoms with Crippen LogP contribution in [0.15, 0.2) is 35.5 Å². The summed E-state index contributed by atoms with van der Waals surface area (Å²) in [4.78, 5) is 12.3. The van der Waals surface area contributed by atoms with Gasteiger partial charge in [-0.1, -0.05) is 42.1 Å². The molecule has 0 aliphatic carbocycles. The standard InChI is InChI=1S/C17H24N4OS/c1-12(15(22)18-17(3,4)5)23-16-20-19-13(2)21(16)11-14-9-7-6-8-10-14/h6-10,12H,11H2,1-5H3,(H,18,22)/t12-/m0/s1. The minimum Gasteiger partial charge on any atom is -0.351 e. The van der Waals surface area contributed by atoms with Gasteiger partial charge in [-0.15, -0.1) is 10.2 Å². The molecule has 2 rings (SSSR count). The van der Waals surface area contributed by atoms with Crippen LogP contribution in [0.4, 0.5) is 0 Å². The molecule has 0 fully saturated rings. The van der Waals surface area contributed by atoms with Crippen LogP contribution in [-0.4, -0.2) is 31.5 Å². The van der Waals surface area contributed by atoms with Gasteiger partial charge < -0.3 is 9.88 Å². The number of carbonyl (C=O) groups is 1. The molecule has 1 aromatic heterocycles. The van der Waals surface area contributed by atoms with E-state index in [9.17, 15) is 4.79 Å². The maximum Gasteiger partial charge on any atom is 0.233 e. The van der Waals surface area contributed by atoms with Gasteiger partial charge >= 0.3 is 0 Å². The van der Waals surface area contributed by atoms with Gasteiger partial charge in [0.25, 0.3) is 0 Å². The average molecular weight is 332 g/mol. The lowest BCUT2D eigenvalue weighted by Crippen LogP contribution is -2.44. The molecule has 0 radical (unpaired) electrons. The fraction of sp³-hybridized carbons (Fsp3) is 0.471. The molecule has 0 aliphatic heterocycles. The van der Waals surface area contributed by atoms with Crippen LogP contribution in [0, 0.1) is 6.92 Å². The number of nitrogens with zero attached hydrogens (tertiary/aromatic N) is 3. The van der Waals surface area contributed by atoms with E-state index in [4.69, 9.17) is 0 Å². The first-order chi connectivity index (χ1) is 10.8. The number of rotatable bonds is 5. The van der Waals surface area contributed by atoms with Gasteiger partial charge in [0.2, 0.25) is 5.91 Å². The maximum atomic E-state index is 12.3. The van der Waals surface area contributed by atoms with Crippen molar-refractivity contribution in [3.8, 4) is 0 Å². The smallest absolute Gasteiger partial charge is 0.233 e. The van der Waals surface area contributed by atoms with Crippen LogP contribution in [0.2, 0.25) is 0 Å². The summed E-state index contributed by atoms with van der Waals surface area (Å²) in [7, 11) is 0. The number of amides is 1. The summed E-state index contributed by atoms with van der Waals surface area (Å²) in [5, 5.41) is 11.9. The maximum absolute atomic E-state index is 12.3. The van der Waals surface area contributed by atoms with Crippen molar-refractivity contribution in [3.63, 3.8) is 0 Å². The van der Waals surface area contributed by atoms with E-state index < -0.39 is 0 Å². The lowest BCUT2D eigenvalue weighted by Gasteiger charge is -2.23. The molecule has 0 bridgehead atoms. The van der Waals surface area contributed by atoms with Gasteiger partial charge in [0, 0.05) is 5.54 Å². The van der Waals surface area contributed by atoms with E-state index in [2.05, 4.69) is 27.6 Å². The summed E-state index contributed by atoms with van der Waals surface area (Å²) < 4.78 is 2.04. The Labute approximate surface area is 141 Å². The molecule has 6 heteroatoms. The first kappa shape index (κ1) is 17.5. The van der Waals surface area contributed by atoms with Crippen molar-refractivity contribution in [2.45, 2.75) is 57.1 Å². The summed E-state index contributed by atoms with van der Waals surface area (Å²) in [6, 6.07) is 10.2. The molecule has 5 nitrogen and oxygen atoms in total. The third kappa shape index (κ3) is 5.10. The third-order valence-electron chi connectivity index (χ3n) is 3.23. The summed E-state index contributed by atoms with van der Waals surface area (Å²) >= 11 is 1.44. The molecule has 0 spiro atoms. The fourth-order valence-corrected chi connectivity index (χ4v) is 2.97. The first-order valence-corrected chi connectivity index (χ1v) is 8.56. The molecule has 1 heterocycles. The number of hydrogen-bond acceptors (Lipinski definition) is 4. The van der Waals surface area contributed by atoms with Crippen molar-refractivity contribution in [2.75, 3.05) is 0 Å². The highest BCUT2D eigenvalue weighted by atomic mass is 32.2. The van der Waals surface area contributed by atoms with Gasteiger partial charge in [-0.25, -0.2) is 0 Å². The van der Waals surface area contributed by atoms with Gasteiger partial charge in [-0.2, -0.15) is 0 Å². The summed E-state index contributed by atoms with van der Waals surface area (Å²) in [5.74, 6) is 0.856. The lowest BCUT2D eigenvalue weighted by molar-refractivity contribution is -0.121. The predicted octanol–water partition coefficient (Wildman–Crippen LogP) is 3.03. The minimum atomic E-state index is -0.237. The second kappa shape index (κ2) is 7.17. The van der Waals surface area contributed by atoms with Crippen LogP contribution >= 0.6 is 11.8 Å². The number of carbonyl (C=O) groups excluding carboxylic acids is 1. The largest absolute Gasteiger partial charge is 0.351 e. The van der Waals surface area contributed by atoms with Crippen molar-refractivity contribution in [1.82, 2.24) is 20.1 Å². The van der Waals surface area contributed by atoms with Crippen molar-refractivity contribution in [3.05, 3.63) is 41.7 Å². The van der Waals surface area contributed by atoms with Gasteiger partial charge in [0.1, 0.15) is 5.82 Å². The topological polar surface area (TPSA) is 59.8 Å². The SMILES string of the molecule is Cc1nnc(S[C@@H](C)C(=O)NC(C)(C)C)n1Cc1ccccc1. The molecule has 0 aliphatic rings.